The molecular formula is C25H38N6O2. The van der Waals surface area contributed by atoms with Gasteiger partial charge < -0.3 is 10.2 Å². The number of rotatable bonds is 6. The van der Waals surface area contributed by atoms with Gasteiger partial charge in [-0.05, 0) is 69.6 Å². The highest BCUT2D eigenvalue weighted by atomic mass is 16.3. The molecule has 0 spiro atoms. The molecule has 2 heterocycles. The van der Waals surface area contributed by atoms with Gasteiger partial charge in [0, 0.05) is 12.1 Å². The summed E-state index contributed by atoms with van der Waals surface area (Å²) in [6.45, 7) is 0. The van der Waals surface area contributed by atoms with Gasteiger partial charge in [0.25, 0.3) is 11.6 Å². The van der Waals surface area contributed by atoms with Crippen LogP contribution < -0.4 is 19.3 Å². The minimum Gasteiger partial charge on any atom is -0.853 e. The molecule has 2 aromatic heterocycles. The van der Waals surface area contributed by atoms with Crippen molar-refractivity contribution in [1.29, 1.82) is 0 Å². The Morgan fingerprint density at radius 3 is 1.42 bits per heavy atom. The molecule has 0 aromatic carbocycles. The maximum Gasteiger partial charge on any atom is 0.291 e. The minimum absolute atomic E-state index is 0.103. The van der Waals surface area contributed by atoms with Gasteiger partial charge in [0.15, 0.2) is 0 Å². The number of hydrogen-bond donors (Lipinski definition) is 0. The van der Waals surface area contributed by atoms with Crippen molar-refractivity contribution in [2.45, 2.75) is 69.9 Å². The average molecular weight is 455 g/mol. The summed E-state index contributed by atoms with van der Waals surface area (Å²) in [5.41, 5.74) is 0. The summed E-state index contributed by atoms with van der Waals surface area (Å²) < 4.78 is 7.36. The molecule has 2 aliphatic rings. The molecule has 2 aromatic rings. The SMILES string of the molecule is Cn1cc[n+](C)c1/C([O-])=N/C1CCC(CC2CCC(/N=C(\[O-])c3n(C)cc[n+]3C)CC2)CC1. The summed E-state index contributed by atoms with van der Waals surface area (Å²) in [6.07, 6.45) is 17.5. The summed E-state index contributed by atoms with van der Waals surface area (Å²) in [6, 6.07) is 0.311. The minimum atomic E-state index is -0.103. The van der Waals surface area contributed by atoms with E-state index in [0.29, 0.717) is 11.6 Å². The Morgan fingerprint density at radius 2 is 1.12 bits per heavy atom. The first-order chi connectivity index (χ1) is 15.8. The zero-order chi connectivity index (χ0) is 23.5. The van der Waals surface area contributed by atoms with E-state index in [9.17, 15) is 10.2 Å². The Balaban J connectivity index is 1.23. The number of aromatic nitrogens is 4. The second-order valence-corrected chi connectivity index (χ2v) is 10.1. The molecule has 8 heteroatoms. The lowest BCUT2D eigenvalue weighted by Gasteiger charge is -2.33. The topological polar surface area (TPSA) is 88.5 Å². The lowest BCUT2D eigenvalue weighted by Crippen LogP contribution is -2.40. The standard InChI is InChI=1S/C25H38N6O2/c1-28-13-14-29(2)24(28)22(32)26-20-9-5-18(6-10-20)17-19-7-11-21(12-8-19)27-23(33)25-30(3)15-16-31(25)4/h13-16,18-21H,5-12,17H2,1-4H3. The maximum absolute atomic E-state index is 12.6. The van der Waals surface area contributed by atoms with Gasteiger partial charge in [-0.3, -0.25) is 9.98 Å². The van der Waals surface area contributed by atoms with E-state index in [1.165, 1.54) is 6.42 Å². The predicted molar refractivity (Wildman–Crippen MR) is 122 cm³/mol. The largest absolute Gasteiger partial charge is 0.853 e. The molecule has 0 unspecified atom stereocenters. The number of nitrogens with zero attached hydrogens (tertiary/aromatic N) is 6. The first-order valence-corrected chi connectivity index (χ1v) is 12.3. The number of hydrogen-bond acceptors (Lipinski definition) is 4. The van der Waals surface area contributed by atoms with Crippen LogP contribution in [0.15, 0.2) is 34.8 Å². The fourth-order valence-corrected chi connectivity index (χ4v) is 5.72. The van der Waals surface area contributed by atoms with Gasteiger partial charge in [0.05, 0.1) is 40.0 Å². The van der Waals surface area contributed by atoms with Crippen LogP contribution in [0.1, 0.15) is 69.4 Å². The van der Waals surface area contributed by atoms with Gasteiger partial charge in [0.1, 0.15) is 24.8 Å². The zero-order valence-corrected chi connectivity index (χ0v) is 20.5. The molecule has 0 radical (unpaired) electrons. The summed E-state index contributed by atoms with van der Waals surface area (Å²) in [5, 5.41) is 25.2. The van der Waals surface area contributed by atoms with Crippen molar-refractivity contribution in [3.8, 4) is 0 Å². The molecule has 2 aliphatic carbocycles. The summed E-state index contributed by atoms with van der Waals surface area (Å²) in [5.74, 6) is 2.54. The monoisotopic (exact) mass is 454 g/mol. The lowest BCUT2D eigenvalue weighted by atomic mass is 9.76. The normalized spacial score (nSPS) is 27.2. The maximum atomic E-state index is 12.6. The summed E-state index contributed by atoms with van der Waals surface area (Å²) >= 11 is 0. The van der Waals surface area contributed by atoms with Crippen LogP contribution in [0, 0.1) is 11.8 Å². The summed E-state index contributed by atoms with van der Waals surface area (Å²) in [7, 11) is 7.55. The van der Waals surface area contributed by atoms with E-state index in [1.807, 2.05) is 71.2 Å². The van der Waals surface area contributed by atoms with E-state index in [4.69, 9.17) is 0 Å². The molecule has 2 fully saturated rings. The van der Waals surface area contributed by atoms with Gasteiger partial charge in [-0.15, -0.1) is 0 Å². The second kappa shape index (κ2) is 10.1. The van der Waals surface area contributed by atoms with Crippen molar-refractivity contribution in [2.75, 3.05) is 0 Å². The van der Waals surface area contributed by atoms with Crippen LogP contribution >= 0.6 is 0 Å². The van der Waals surface area contributed by atoms with Crippen LogP contribution in [0.2, 0.25) is 0 Å². The quantitative estimate of drug-likeness (QED) is 0.360. The van der Waals surface area contributed by atoms with Crippen LogP contribution in [-0.2, 0) is 28.2 Å². The zero-order valence-electron chi connectivity index (χ0n) is 20.5. The van der Waals surface area contributed by atoms with Gasteiger partial charge in [-0.1, -0.05) is 0 Å². The van der Waals surface area contributed by atoms with Crippen LogP contribution in [0.25, 0.3) is 0 Å². The second-order valence-electron chi connectivity index (χ2n) is 10.1. The first-order valence-electron chi connectivity index (χ1n) is 12.3. The van der Waals surface area contributed by atoms with E-state index in [1.54, 1.807) is 0 Å². The third-order valence-electron chi connectivity index (χ3n) is 7.65. The van der Waals surface area contributed by atoms with Crippen molar-refractivity contribution < 1.29 is 19.3 Å². The van der Waals surface area contributed by atoms with Crippen molar-refractivity contribution >= 4 is 11.8 Å². The highest BCUT2D eigenvalue weighted by molar-refractivity contribution is 5.85. The Kier molecular flexibility index (Phi) is 7.20. The molecular weight excluding hydrogens is 416 g/mol. The molecule has 0 bridgehead atoms. The number of imidazole rings is 2. The molecule has 2 saturated carbocycles. The average Bonchev–Trinajstić information content (AvgIpc) is 3.30. The van der Waals surface area contributed by atoms with E-state index in [0.717, 1.165) is 63.2 Å². The molecule has 0 N–H and O–H groups in total. The van der Waals surface area contributed by atoms with Crippen LogP contribution in [0.3, 0.4) is 0 Å². The van der Waals surface area contributed by atoms with Gasteiger partial charge in [0.2, 0.25) is 0 Å². The lowest BCUT2D eigenvalue weighted by molar-refractivity contribution is -0.674. The van der Waals surface area contributed by atoms with Crippen molar-refractivity contribution in [1.82, 2.24) is 9.13 Å². The molecule has 180 valence electrons. The van der Waals surface area contributed by atoms with Crippen molar-refractivity contribution in [2.24, 2.45) is 50.0 Å². The van der Waals surface area contributed by atoms with E-state index < -0.39 is 0 Å². The van der Waals surface area contributed by atoms with Gasteiger partial charge >= 0.3 is 0 Å². The Labute approximate surface area is 196 Å². The predicted octanol–water partition coefficient (Wildman–Crippen LogP) is 0.434. The van der Waals surface area contributed by atoms with Gasteiger partial charge in [-0.2, -0.15) is 0 Å². The highest BCUT2D eigenvalue weighted by Gasteiger charge is 2.27. The molecule has 0 atom stereocenters. The number of aliphatic imine (C=N–C) groups is 2. The van der Waals surface area contributed by atoms with E-state index in [-0.39, 0.29) is 23.9 Å². The van der Waals surface area contributed by atoms with Crippen LogP contribution in [0.5, 0.6) is 0 Å². The van der Waals surface area contributed by atoms with Crippen molar-refractivity contribution in [3.05, 3.63) is 36.4 Å². The van der Waals surface area contributed by atoms with Crippen molar-refractivity contribution in [3.63, 3.8) is 0 Å². The van der Waals surface area contributed by atoms with Gasteiger partial charge in [-0.25, -0.2) is 18.3 Å². The highest BCUT2D eigenvalue weighted by Crippen LogP contribution is 2.36. The smallest absolute Gasteiger partial charge is 0.291 e. The fraction of sp³-hybridized carbons (Fsp3) is 0.680. The molecule has 33 heavy (non-hydrogen) atoms. The first kappa shape index (κ1) is 23.5. The molecule has 4 rings (SSSR count). The third-order valence-corrected chi connectivity index (χ3v) is 7.65. The number of aryl methyl sites for hydroxylation is 4. The Morgan fingerprint density at radius 1 is 0.758 bits per heavy atom. The molecule has 0 saturated heterocycles. The third kappa shape index (κ3) is 5.47. The molecule has 0 aliphatic heterocycles. The van der Waals surface area contributed by atoms with Crippen LogP contribution in [-0.4, -0.2) is 33.0 Å². The fourth-order valence-electron chi connectivity index (χ4n) is 5.72. The molecule has 0 amide bonds. The van der Waals surface area contributed by atoms with E-state index >= 15 is 0 Å². The Bertz CT molecular complexity index is 885. The molecule has 8 nitrogen and oxygen atoms in total. The summed E-state index contributed by atoms with van der Waals surface area (Å²) in [4.78, 5) is 9.05. The Hall–Kier alpha value is -2.64. The van der Waals surface area contributed by atoms with Crippen LogP contribution in [0.4, 0.5) is 0 Å². The van der Waals surface area contributed by atoms with E-state index in [2.05, 4.69) is 9.98 Å².